The van der Waals surface area contributed by atoms with E-state index in [0.29, 0.717) is 22.4 Å². The van der Waals surface area contributed by atoms with Crippen LogP contribution in [0.3, 0.4) is 0 Å². The number of amides is 1. The molecule has 5 rings (SSSR count). The second kappa shape index (κ2) is 8.00. The number of anilines is 2. The molecule has 0 unspecified atom stereocenters. The molecule has 1 aliphatic carbocycles. The topological polar surface area (TPSA) is 83.4 Å². The number of hydrogen-bond acceptors (Lipinski definition) is 5. The van der Waals surface area contributed by atoms with Gasteiger partial charge in [0.1, 0.15) is 11.6 Å². The number of carbonyl (C=O) groups is 1. The number of benzene rings is 2. The third-order valence-electron chi connectivity index (χ3n) is 7.83. The summed E-state index contributed by atoms with van der Waals surface area (Å²) in [5, 5.41) is 13.7. The largest absolute Gasteiger partial charge is 0.497 e. The quantitative estimate of drug-likeness (QED) is 0.428. The van der Waals surface area contributed by atoms with Crippen LogP contribution in [0.5, 0.6) is 0 Å². The molecule has 0 aromatic heterocycles. The number of carbonyl (C=O) groups excluding carboxylic acids is 1. The third-order valence-corrected chi connectivity index (χ3v) is 7.83. The number of hydrogen-bond donors (Lipinski definition) is 3. The van der Waals surface area contributed by atoms with Gasteiger partial charge in [0.15, 0.2) is 0 Å². The molecule has 2 aliphatic heterocycles. The van der Waals surface area contributed by atoms with E-state index in [1.807, 2.05) is 39.8 Å². The molecule has 2 aromatic rings. The van der Waals surface area contributed by atoms with Crippen LogP contribution in [0.25, 0.3) is 5.70 Å². The second-order valence-corrected chi connectivity index (χ2v) is 10.5. The standard InChI is InChI=1S/C26H28BF2N3O3/c1-24(2)25(3,4)35-27(34-24)18-13-15(12-17-22(18)32-23(33)26(17)9-5-10-26)20(8-11-30)31-21-7-6-16(28)14-19(21)29/h6-8,11-14,30-31H,5,9-10H2,1-4H3,(H,32,33)/b20-8-,30-11?. The van der Waals surface area contributed by atoms with Crippen molar-refractivity contribution in [3.63, 3.8) is 0 Å². The van der Waals surface area contributed by atoms with E-state index in [1.165, 1.54) is 12.1 Å². The highest BCUT2D eigenvalue weighted by atomic mass is 19.1. The van der Waals surface area contributed by atoms with Gasteiger partial charge in [-0.15, -0.1) is 0 Å². The summed E-state index contributed by atoms with van der Waals surface area (Å²) in [6, 6.07) is 7.02. The molecule has 1 saturated heterocycles. The lowest BCUT2D eigenvalue weighted by molar-refractivity contribution is -0.123. The van der Waals surface area contributed by atoms with E-state index in [9.17, 15) is 13.6 Å². The molecule has 1 amide bonds. The molecule has 2 fully saturated rings. The van der Waals surface area contributed by atoms with E-state index in [4.69, 9.17) is 14.7 Å². The van der Waals surface area contributed by atoms with Crippen LogP contribution in [-0.2, 0) is 19.5 Å². The lowest BCUT2D eigenvalue weighted by Crippen LogP contribution is -2.41. The highest BCUT2D eigenvalue weighted by Gasteiger charge is 2.56. The average Bonchev–Trinajstić information content (AvgIpc) is 3.16. The smallest absolute Gasteiger partial charge is 0.399 e. The maximum Gasteiger partial charge on any atom is 0.497 e. The summed E-state index contributed by atoms with van der Waals surface area (Å²) in [5.41, 5.74) is 1.59. The molecule has 9 heteroatoms. The van der Waals surface area contributed by atoms with E-state index >= 15 is 0 Å². The van der Waals surface area contributed by atoms with E-state index in [1.54, 1.807) is 0 Å². The molecule has 0 atom stereocenters. The first kappa shape index (κ1) is 23.7. The molecular weight excluding hydrogens is 451 g/mol. The minimum absolute atomic E-state index is 0.0382. The van der Waals surface area contributed by atoms with Gasteiger partial charge in [-0.1, -0.05) is 12.5 Å². The summed E-state index contributed by atoms with van der Waals surface area (Å²) in [6.45, 7) is 7.84. The zero-order valence-corrected chi connectivity index (χ0v) is 20.2. The summed E-state index contributed by atoms with van der Waals surface area (Å²) in [5.74, 6) is -1.47. The normalized spacial score (nSPS) is 21.5. The van der Waals surface area contributed by atoms with Gasteiger partial charge in [-0.25, -0.2) is 8.78 Å². The fourth-order valence-electron chi connectivity index (χ4n) is 4.90. The molecule has 1 spiro atoms. The van der Waals surface area contributed by atoms with Crippen molar-refractivity contribution in [1.82, 2.24) is 0 Å². The first-order valence-electron chi connectivity index (χ1n) is 11.8. The fraction of sp³-hybridized carbons (Fsp3) is 0.385. The second-order valence-electron chi connectivity index (χ2n) is 10.5. The van der Waals surface area contributed by atoms with Gasteiger partial charge in [0, 0.05) is 29.1 Å². The van der Waals surface area contributed by atoms with Crippen LogP contribution in [0, 0.1) is 17.0 Å². The number of allylic oxidation sites excluding steroid dienone is 1. The van der Waals surface area contributed by atoms with Gasteiger partial charge in [0.05, 0.1) is 22.3 Å². The Morgan fingerprint density at radius 3 is 2.37 bits per heavy atom. The van der Waals surface area contributed by atoms with Crippen LogP contribution in [0.4, 0.5) is 20.2 Å². The molecule has 6 nitrogen and oxygen atoms in total. The van der Waals surface area contributed by atoms with Crippen molar-refractivity contribution in [3.05, 3.63) is 59.2 Å². The minimum Gasteiger partial charge on any atom is -0.399 e. The van der Waals surface area contributed by atoms with Gasteiger partial charge in [-0.05, 0) is 75.9 Å². The lowest BCUT2D eigenvalue weighted by Gasteiger charge is -2.36. The zero-order valence-electron chi connectivity index (χ0n) is 20.2. The summed E-state index contributed by atoms with van der Waals surface area (Å²) in [4.78, 5) is 13.1. The summed E-state index contributed by atoms with van der Waals surface area (Å²) >= 11 is 0. The van der Waals surface area contributed by atoms with Crippen molar-refractivity contribution >= 4 is 41.8 Å². The molecule has 1 saturated carbocycles. The van der Waals surface area contributed by atoms with E-state index in [2.05, 4.69) is 10.6 Å². The lowest BCUT2D eigenvalue weighted by atomic mass is 9.63. The van der Waals surface area contributed by atoms with Crippen molar-refractivity contribution in [1.29, 1.82) is 5.41 Å². The van der Waals surface area contributed by atoms with Crippen molar-refractivity contribution in [2.24, 2.45) is 0 Å². The van der Waals surface area contributed by atoms with Crippen LogP contribution in [-0.4, -0.2) is 30.4 Å². The molecule has 3 N–H and O–H groups in total. The van der Waals surface area contributed by atoms with Crippen molar-refractivity contribution in [2.75, 3.05) is 10.6 Å². The van der Waals surface area contributed by atoms with Gasteiger partial charge in [0.2, 0.25) is 5.91 Å². The Labute approximate surface area is 203 Å². The number of rotatable bonds is 5. The molecule has 0 bridgehead atoms. The first-order chi connectivity index (χ1) is 16.5. The fourth-order valence-corrected chi connectivity index (χ4v) is 4.90. The van der Waals surface area contributed by atoms with Gasteiger partial charge in [0.25, 0.3) is 0 Å². The Hall–Kier alpha value is -3.04. The molecule has 35 heavy (non-hydrogen) atoms. The number of fused-ring (bicyclic) bond motifs is 2. The summed E-state index contributed by atoms with van der Waals surface area (Å²) in [6.07, 6.45) is 5.01. The predicted octanol–water partition coefficient (Wildman–Crippen LogP) is 4.74. The molecular formula is C26H28BF2N3O3. The Balaban J connectivity index is 1.64. The predicted molar refractivity (Wildman–Crippen MR) is 133 cm³/mol. The van der Waals surface area contributed by atoms with Crippen LogP contribution in [0.1, 0.15) is 58.1 Å². The molecule has 0 radical (unpaired) electrons. The van der Waals surface area contributed by atoms with Gasteiger partial charge < -0.3 is 25.4 Å². The van der Waals surface area contributed by atoms with Crippen LogP contribution < -0.4 is 16.1 Å². The average molecular weight is 479 g/mol. The van der Waals surface area contributed by atoms with E-state index in [0.717, 1.165) is 43.2 Å². The maximum atomic E-state index is 14.4. The highest BCUT2D eigenvalue weighted by molar-refractivity contribution is 6.64. The molecule has 2 heterocycles. The first-order valence-corrected chi connectivity index (χ1v) is 11.8. The zero-order chi connectivity index (χ0) is 25.2. The van der Waals surface area contributed by atoms with Crippen LogP contribution >= 0.6 is 0 Å². The van der Waals surface area contributed by atoms with Crippen molar-refractivity contribution in [3.8, 4) is 0 Å². The summed E-state index contributed by atoms with van der Waals surface area (Å²) in [7, 11) is -0.729. The van der Waals surface area contributed by atoms with Crippen LogP contribution in [0.2, 0.25) is 0 Å². The Bertz CT molecular complexity index is 1250. The number of nitrogens with one attached hydrogen (secondary N) is 3. The minimum atomic E-state index is -0.750. The number of halogens is 2. The molecule has 3 aliphatic rings. The third kappa shape index (κ3) is 3.68. The Morgan fingerprint density at radius 1 is 1.11 bits per heavy atom. The Morgan fingerprint density at radius 2 is 1.80 bits per heavy atom. The van der Waals surface area contributed by atoms with Crippen molar-refractivity contribution in [2.45, 2.75) is 63.6 Å². The Kier molecular flexibility index (Phi) is 5.41. The van der Waals surface area contributed by atoms with Crippen LogP contribution in [0.15, 0.2) is 36.4 Å². The molecule has 2 aromatic carbocycles. The van der Waals surface area contributed by atoms with Gasteiger partial charge in [-0.3, -0.25) is 4.79 Å². The maximum absolute atomic E-state index is 14.4. The molecule has 182 valence electrons. The highest BCUT2D eigenvalue weighted by Crippen LogP contribution is 2.51. The summed E-state index contributed by atoms with van der Waals surface area (Å²) < 4.78 is 40.5. The van der Waals surface area contributed by atoms with E-state index in [-0.39, 0.29) is 11.6 Å². The van der Waals surface area contributed by atoms with E-state index < -0.39 is 35.4 Å². The monoisotopic (exact) mass is 479 g/mol. The van der Waals surface area contributed by atoms with Crippen molar-refractivity contribution < 1.29 is 22.9 Å². The van der Waals surface area contributed by atoms with Gasteiger partial charge in [-0.2, -0.15) is 0 Å². The SMILES string of the molecule is CC1(C)OB(c2cc(/C(=C/C=N)Nc3ccc(F)cc3F)cc3c2NC(=O)C32CCC2)OC1(C)C. The van der Waals surface area contributed by atoms with Gasteiger partial charge >= 0.3 is 7.12 Å².